The average molecular weight is 269 g/mol. The molecule has 0 N–H and O–H groups in total. The lowest BCUT2D eigenvalue weighted by molar-refractivity contribution is 0.138. The zero-order valence-corrected chi connectivity index (χ0v) is 11.0. The summed E-state index contributed by atoms with van der Waals surface area (Å²) >= 11 is 0. The molecule has 0 aromatic heterocycles. The maximum absolute atomic E-state index is 14.3. The standard InChI is InChI=1S/C15H18F3N/c1-10(2)19-7-5-11(6-8-19)15(18)13-4-3-12(16)9-14(13)17/h3-4,9,11,15H,1,5-8H2,2H3. The Kier molecular flexibility index (Phi) is 4.17. The number of nitrogens with zero attached hydrogens (tertiary/aromatic N) is 1. The van der Waals surface area contributed by atoms with Crippen molar-refractivity contribution in [3.8, 4) is 0 Å². The second kappa shape index (κ2) is 5.68. The molecule has 0 amide bonds. The largest absolute Gasteiger partial charge is 0.375 e. The highest BCUT2D eigenvalue weighted by atomic mass is 19.1. The first-order valence-corrected chi connectivity index (χ1v) is 6.48. The molecular weight excluding hydrogens is 251 g/mol. The van der Waals surface area contributed by atoms with Gasteiger partial charge in [0, 0.05) is 30.4 Å². The number of hydrogen-bond acceptors (Lipinski definition) is 1. The molecule has 1 aliphatic heterocycles. The van der Waals surface area contributed by atoms with E-state index in [2.05, 4.69) is 11.5 Å². The Morgan fingerprint density at radius 1 is 1.32 bits per heavy atom. The Hall–Kier alpha value is -1.45. The van der Waals surface area contributed by atoms with E-state index in [1.807, 2.05) is 6.92 Å². The molecular formula is C15H18F3N. The summed E-state index contributed by atoms with van der Waals surface area (Å²) in [7, 11) is 0. The Morgan fingerprint density at radius 3 is 2.47 bits per heavy atom. The minimum atomic E-state index is -1.37. The van der Waals surface area contributed by atoms with Crippen molar-refractivity contribution in [1.82, 2.24) is 4.90 Å². The van der Waals surface area contributed by atoms with Gasteiger partial charge in [-0.15, -0.1) is 0 Å². The molecule has 1 fully saturated rings. The van der Waals surface area contributed by atoms with Crippen LogP contribution in [0.1, 0.15) is 31.5 Å². The first kappa shape index (κ1) is 14.0. The van der Waals surface area contributed by atoms with Gasteiger partial charge in [0.05, 0.1) is 0 Å². The lowest BCUT2D eigenvalue weighted by atomic mass is 9.88. The fourth-order valence-electron chi connectivity index (χ4n) is 2.55. The highest BCUT2D eigenvalue weighted by Crippen LogP contribution is 2.35. The van der Waals surface area contributed by atoms with E-state index in [4.69, 9.17) is 0 Å². The van der Waals surface area contributed by atoms with Gasteiger partial charge in [-0.2, -0.15) is 0 Å². The minimum Gasteiger partial charge on any atom is -0.375 e. The van der Waals surface area contributed by atoms with Crippen molar-refractivity contribution in [1.29, 1.82) is 0 Å². The number of allylic oxidation sites excluding steroid dienone is 1. The van der Waals surface area contributed by atoms with Gasteiger partial charge in [0.15, 0.2) is 0 Å². The van der Waals surface area contributed by atoms with Crippen LogP contribution in [-0.2, 0) is 0 Å². The lowest BCUT2D eigenvalue weighted by Crippen LogP contribution is -2.33. The van der Waals surface area contributed by atoms with Crippen LogP contribution in [0.5, 0.6) is 0 Å². The molecule has 0 bridgehead atoms. The summed E-state index contributed by atoms with van der Waals surface area (Å²) in [6.07, 6.45) is -0.0525. The lowest BCUT2D eigenvalue weighted by Gasteiger charge is -2.35. The van der Waals surface area contributed by atoms with Gasteiger partial charge in [-0.1, -0.05) is 12.6 Å². The smallest absolute Gasteiger partial charge is 0.132 e. The van der Waals surface area contributed by atoms with Crippen molar-refractivity contribution in [2.75, 3.05) is 13.1 Å². The Bertz CT molecular complexity index is 464. The van der Waals surface area contributed by atoms with Gasteiger partial charge in [-0.05, 0) is 31.7 Å². The predicted octanol–water partition coefficient (Wildman–Crippen LogP) is 4.22. The summed E-state index contributed by atoms with van der Waals surface area (Å²) in [6.45, 7) is 7.26. The zero-order valence-electron chi connectivity index (χ0n) is 11.0. The molecule has 1 aromatic rings. The van der Waals surface area contributed by atoms with E-state index >= 15 is 0 Å². The Morgan fingerprint density at radius 2 is 1.95 bits per heavy atom. The Balaban J connectivity index is 2.05. The van der Waals surface area contributed by atoms with E-state index < -0.39 is 17.8 Å². The van der Waals surface area contributed by atoms with Crippen molar-refractivity contribution >= 4 is 0 Å². The SMILES string of the molecule is C=C(C)N1CCC(C(F)c2ccc(F)cc2F)CC1. The van der Waals surface area contributed by atoms with Crippen molar-refractivity contribution in [3.05, 3.63) is 47.7 Å². The summed E-state index contributed by atoms with van der Waals surface area (Å²) in [5, 5.41) is 0. The van der Waals surface area contributed by atoms with E-state index in [1.54, 1.807) is 0 Å². The molecule has 1 unspecified atom stereocenters. The summed E-state index contributed by atoms with van der Waals surface area (Å²) in [5.74, 6) is -1.68. The number of benzene rings is 1. The average Bonchev–Trinajstić information content (AvgIpc) is 2.38. The molecule has 0 saturated carbocycles. The van der Waals surface area contributed by atoms with Gasteiger partial charge in [-0.3, -0.25) is 0 Å². The fraction of sp³-hybridized carbons (Fsp3) is 0.467. The van der Waals surface area contributed by atoms with Crippen molar-refractivity contribution in [2.24, 2.45) is 5.92 Å². The molecule has 2 rings (SSSR count). The monoisotopic (exact) mass is 269 g/mol. The highest BCUT2D eigenvalue weighted by Gasteiger charge is 2.29. The first-order chi connectivity index (χ1) is 8.99. The van der Waals surface area contributed by atoms with E-state index in [-0.39, 0.29) is 11.5 Å². The molecule has 1 aromatic carbocycles. The quantitative estimate of drug-likeness (QED) is 0.794. The second-order valence-corrected chi connectivity index (χ2v) is 5.13. The number of halogens is 3. The third-order valence-electron chi connectivity index (χ3n) is 3.75. The van der Waals surface area contributed by atoms with Crippen LogP contribution in [0.3, 0.4) is 0 Å². The number of rotatable bonds is 3. The van der Waals surface area contributed by atoms with Gasteiger partial charge in [-0.25, -0.2) is 13.2 Å². The van der Waals surface area contributed by atoms with Crippen molar-refractivity contribution < 1.29 is 13.2 Å². The summed E-state index contributed by atoms with van der Waals surface area (Å²) in [5.41, 5.74) is 0.942. The van der Waals surface area contributed by atoms with Gasteiger partial charge in [0.2, 0.25) is 0 Å². The summed E-state index contributed by atoms with van der Waals surface area (Å²) in [6, 6.07) is 3.05. The van der Waals surface area contributed by atoms with E-state index in [0.717, 1.165) is 30.9 Å². The van der Waals surface area contributed by atoms with Crippen molar-refractivity contribution in [2.45, 2.75) is 25.9 Å². The maximum atomic E-state index is 14.3. The van der Waals surface area contributed by atoms with Gasteiger partial charge in [0.1, 0.15) is 17.8 Å². The zero-order chi connectivity index (χ0) is 14.0. The highest BCUT2D eigenvalue weighted by molar-refractivity contribution is 5.21. The summed E-state index contributed by atoms with van der Waals surface area (Å²) in [4.78, 5) is 2.10. The molecule has 1 heterocycles. The van der Waals surface area contributed by atoms with Gasteiger partial charge >= 0.3 is 0 Å². The van der Waals surface area contributed by atoms with Gasteiger partial charge in [0.25, 0.3) is 0 Å². The molecule has 4 heteroatoms. The van der Waals surface area contributed by atoms with Crippen molar-refractivity contribution in [3.63, 3.8) is 0 Å². The molecule has 0 radical (unpaired) electrons. The number of hydrogen-bond donors (Lipinski definition) is 0. The Labute approximate surface area is 111 Å². The molecule has 1 saturated heterocycles. The maximum Gasteiger partial charge on any atom is 0.132 e. The van der Waals surface area contributed by atoms with Crippen LogP contribution in [0.4, 0.5) is 13.2 Å². The number of alkyl halides is 1. The normalized spacial score (nSPS) is 18.4. The molecule has 0 spiro atoms. The molecule has 104 valence electrons. The first-order valence-electron chi connectivity index (χ1n) is 6.48. The molecule has 1 atom stereocenters. The van der Waals surface area contributed by atoms with Gasteiger partial charge < -0.3 is 4.90 Å². The molecule has 1 nitrogen and oxygen atoms in total. The summed E-state index contributed by atoms with van der Waals surface area (Å²) < 4.78 is 40.7. The third kappa shape index (κ3) is 3.11. The number of piperidine rings is 1. The van der Waals surface area contributed by atoms with Crippen LogP contribution in [0.25, 0.3) is 0 Å². The molecule has 1 aliphatic rings. The van der Waals surface area contributed by atoms with E-state index in [9.17, 15) is 13.2 Å². The van der Waals surface area contributed by atoms with E-state index in [1.165, 1.54) is 6.07 Å². The van der Waals surface area contributed by atoms with Crippen LogP contribution >= 0.6 is 0 Å². The van der Waals surface area contributed by atoms with Crippen LogP contribution in [0.2, 0.25) is 0 Å². The fourth-order valence-corrected chi connectivity index (χ4v) is 2.55. The van der Waals surface area contributed by atoms with Crippen LogP contribution < -0.4 is 0 Å². The third-order valence-corrected chi connectivity index (χ3v) is 3.75. The molecule has 0 aliphatic carbocycles. The predicted molar refractivity (Wildman–Crippen MR) is 69.3 cm³/mol. The number of likely N-dealkylation sites (tertiary alicyclic amines) is 1. The van der Waals surface area contributed by atoms with E-state index in [0.29, 0.717) is 12.8 Å². The van der Waals surface area contributed by atoms with Crippen LogP contribution in [-0.4, -0.2) is 18.0 Å². The topological polar surface area (TPSA) is 3.24 Å². The van der Waals surface area contributed by atoms with Crippen LogP contribution in [0.15, 0.2) is 30.5 Å². The second-order valence-electron chi connectivity index (χ2n) is 5.13. The van der Waals surface area contributed by atoms with Crippen LogP contribution in [0, 0.1) is 17.6 Å². The molecule has 19 heavy (non-hydrogen) atoms. The minimum absolute atomic E-state index is 0.0322.